The van der Waals surface area contributed by atoms with Crippen LogP contribution in [0.1, 0.15) is 20.7 Å². The molecule has 2 aromatic carbocycles. The Kier molecular flexibility index (Phi) is 10.2. The minimum absolute atomic E-state index is 0.00694. The fraction of sp³-hybridized carbons (Fsp3) is 0.273. The van der Waals surface area contributed by atoms with Gasteiger partial charge in [0, 0.05) is 45.9 Å². The predicted molar refractivity (Wildman–Crippen MR) is 139 cm³/mol. The van der Waals surface area contributed by atoms with Crippen molar-refractivity contribution >= 4 is 74.1 Å². The van der Waals surface area contributed by atoms with E-state index in [1.807, 2.05) is 0 Å². The molecule has 2 amide bonds. The number of carbonyl (C=O) groups excluding carboxylic acids is 4. The van der Waals surface area contributed by atoms with E-state index in [2.05, 4.69) is 47.3 Å². The quantitative estimate of drug-likeness (QED) is 0.342. The number of carbonyl (C=O) groups is 4. The van der Waals surface area contributed by atoms with Gasteiger partial charge in [0.15, 0.2) is 0 Å². The average Bonchev–Trinajstić information content (AvgIpc) is 3.21. The number of benzene rings is 2. The second-order valence-corrected chi connectivity index (χ2v) is 16.0. The molecule has 7 nitrogen and oxygen atoms in total. The Labute approximate surface area is 214 Å². The van der Waals surface area contributed by atoms with Gasteiger partial charge >= 0.3 is 5.91 Å². The Morgan fingerprint density at radius 1 is 0.943 bits per heavy atom. The molecule has 2 heterocycles. The molecule has 0 saturated heterocycles. The van der Waals surface area contributed by atoms with E-state index in [-0.39, 0.29) is 29.2 Å². The third-order valence-corrected chi connectivity index (χ3v) is 6.56. The molecule has 4 rings (SSSR count). The lowest BCUT2D eigenvalue weighted by Crippen LogP contribution is -2.33. The van der Waals surface area contributed by atoms with E-state index in [1.165, 1.54) is 36.4 Å². The van der Waals surface area contributed by atoms with Gasteiger partial charge in [0.25, 0.3) is 17.5 Å². The van der Waals surface area contributed by atoms with E-state index in [9.17, 15) is 28.0 Å². The van der Waals surface area contributed by atoms with E-state index >= 15 is 0 Å². The molecule has 1 N–H and O–H groups in total. The number of ether oxygens (including phenoxy) is 1. The average molecular weight is 557 g/mol. The fourth-order valence-corrected chi connectivity index (χ4v) is 3.86. The summed E-state index contributed by atoms with van der Waals surface area (Å²) in [5, 5.41) is 2.15. The summed E-state index contributed by atoms with van der Waals surface area (Å²) in [5.74, 6) is -3.99. The molecule has 0 unspecified atom stereocenters. The van der Waals surface area contributed by atoms with Crippen LogP contribution in [0.3, 0.4) is 0 Å². The monoisotopic (exact) mass is 556 g/mol. The number of fused-ring (bicyclic) bond motifs is 2. The highest BCUT2D eigenvalue weighted by Gasteiger charge is 2.38. The zero-order valence-corrected chi connectivity index (χ0v) is 22.5. The van der Waals surface area contributed by atoms with E-state index in [0.717, 1.165) is 19.8 Å². The summed E-state index contributed by atoms with van der Waals surface area (Å²) in [7, 11) is -0.300. The zero-order valence-electron chi connectivity index (χ0n) is 19.1. The van der Waals surface area contributed by atoms with Crippen LogP contribution in [0.4, 0.5) is 20.2 Å². The van der Waals surface area contributed by atoms with Crippen molar-refractivity contribution in [3.8, 4) is 0 Å². The Bertz CT molecular complexity index is 1210. The summed E-state index contributed by atoms with van der Waals surface area (Å²) in [4.78, 5) is 46.4. The van der Waals surface area contributed by atoms with Gasteiger partial charge in [-0.2, -0.15) is 0 Å². The van der Waals surface area contributed by atoms with Gasteiger partial charge in [0.2, 0.25) is 0 Å². The molecule has 0 atom stereocenters. The van der Waals surface area contributed by atoms with Gasteiger partial charge in [-0.3, -0.25) is 24.1 Å². The number of rotatable bonds is 5. The van der Waals surface area contributed by atoms with Crippen LogP contribution in [0.15, 0.2) is 36.4 Å². The highest BCUT2D eigenvalue weighted by molar-refractivity contribution is 8.37. The number of hydrogen-bond donors (Lipinski definition) is 1. The molecule has 2 aliphatic heterocycles. The number of nitrogens with one attached hydrogen (secondary N) is 1. The van der Waals surface area contributed by atoms with Crippen molar-refractivity contribution < 1.29 is 32.7 Å². The minimum atomic E-state index is -1.22. The minimum Gasteiger partial charge on any atom is -0.361 e. The molecule has 0 aromatic heterocycles. The Morgan fingerprint density at radius 3 is 2.09 bits per heavy atom. The lowest BCUT2D eigenvalue weighted by molar-refractivity contribution is -0.115. The van der Waals surface area contributed by atoms with Crippen molar-refractivity contribution in [3.63, 3.8) is 0 Å². The zero-order chi connectivity index (χ0) is 26.3. The second-order valence-electron chi connectivity index (χ2n) is 8.56. The second kappa shape index (κ2) is 12.4. The smallest absolute Gasteiger partial charge is 0.301 e. The first-order chi connectivity index (χ1) is 16.4. The lowest BCUT2D eigenvalue weighted by Gasteiger charge is -2.19. The fourth-order valence-electron chi connectivity index (χ4n) is 3.10. The highest BCUT2D eigenvalue weighted by Crippen LogP contribution is 2.31. The van der Waals surface area contributed by atoms with E-state index < -0.39 is 43.1 Å². The summed E-state index contributed by atoms with van der Waals surface area (Å²) in [5.41, 5.74) is 0.256. The lowest BCUT2D eigenvalue weighted by atomic mass is 10.1. The first kappa shape index (κ1) is 28.7. The molecule has 0 bridgehead atoms. The van der Waals surface area contributed by atoms with Crippen LogP contribution < -0.4 is 10.2 Å². The highest BCUT2D eigenvalue weighted by atomic mass is 33.1. The maximum atomic E-state index is 13.8. The Balaban J connectivity index is 0.000000243. The number of hydrogen-bond acceptors (Lipinski definition) is 7. The van der Waals surface area contributed by atoms with Gasteiger partial charge in [-0.1, -0.05) is 31.8 Å². The molecule has 0 aliphatic carbocycles. The van der Waals surface area contributed by atoms with Crippen LogP contribution in [0.2, 0.25) is 25.7 Å². The first-order valence-corrected chi connectivity index (χ1v) is 16.6. The maximum Gasteiger partial charge on any atom is 0.301 e. The maximum absolute atomic E-state index is 13.8. The van der Waals surface area contributed by atoms with Crippen LogP contribution in [0.5, 0.6) is 0 Å². The van der Waals surface area contributed by atoms with E-state index in [0.29, 0.717) is 6.61 Å². The normalized spacial score (nSPS) is 13.8. The van der Waals surface area contributed by atoms with Crippen molar-refractivity contribution in [2.45, 2.75) is 25.7 Å². The summed E-state index contributed by atoms with van der Waals surface area (Å²) in [6.07, 6.45) is 0. The Hall–Kier alpha value is -2.58. The summed E-state index contributed by atoms with van der Waals surface area (Å²) < 4.78 is 32.1. The van der Waals surface area contributed by atoms with Gasteiger partial charge in [0.05, 0.1) is 22.5 Å². The predicted octanol–water partition coefficient (Wildman–Crippen LogP) is 3.62. The molecule has 35 heavy (non-hydrogen) atoms. The van der Waals surface area contributed by atoms with Crippen molar-refractivity contribution in [2.24, 2.45) is 0 Å². The van der Waals surface area contributed by atoms with E-state index in [4.69, 9.17) is 4.74 Å². The number of nitrogens with zero attached hydrogens (tertiary/aromatic N) is 1. The number of amides is 2. The van der Waals surface area contributed by atoms with Crippen molar-refractivity contribution in [1.29, 1.82) is 0 Å². The number of halogens is 2. The Morgan fingerprint density at radius 2 is 1.51 bits per heavy atom. The summed E-state index contributed by atoms with van der Waals surface area (Å²) in [6, 6.07) is 9.07. The number of para-hydroxylation sites is 2. The van der Waals surface area contributed by atoms with Gasteiger partial charge < -0.3 is 10.1 Å². The van der Waals surface area contributed by atoms with Crippen LogP contribution in [-0.2, 0) is 45.6 Å². The standard InChI is InChI=1S/C14H18FNO3Si.C8H4FNO2.S3/c1-20(2,3)8-7-19-9-16-12-10(13(17)14(16)18)5-4-6-11(12)15;9-5-3-1-2-4-6(5)10-8(12)7(4)11;1-3-2/h4-6H,7-9H2,1-3H3;1-3H,(H,10,11,12);. The van der Waals surface area contributed by atoms with Gasteiger partial charge in [-0.25, -0.2) is 8.78 Å². The van der Waals surface area contributed by atoms with Gasteiger partial charge in [-0.05, 0) is 30.3 Å². The third kappa shape index (κ3) is 7.21. The molecule has 0 fully saturated rings. The molecular formula is C22H22F2N2O5S3Si. The summed E-state index contributed by atoms with van der Waals surface area (Å²) in [6.45, 7) is 7.09. The SMILES string of the molecule is C[Si](C)(C)CCOCN1C(=O)C(=O)c2cccc(F)c21.O=C1Nc2c(F)cccc2C1=O.S=S=S. The van der Waals surface area contributed by atoms with Crippen molar-refractivity contribution in [1.82, 2.24) is 0 Å². The third-order valence-electron chi connectivity index (χ3n) is 4.86. The van der Waals surface area contributed by atoms with E-state index in [1.54, 1.807) is 0 Å². The van der Waals surface area contributed by atoms with Crippen LogP contribution in [-0.4, -0.2) is 44.8 Å². The molecule has 186 valence electrons. The van der Waals surface area contributed by atoms with Gasteiger partial charge in [-0.15, -0.1) is 0 Å². The van der Waals surface area contributed by atoms with Crippen LogP contribution >= 0.6 is 0 Å². The van der Waals surface area contributed by atoms with Crippen LogP contribution in [0.25, 0.3) is 0 Å². The number of ketones is 2. The number of Topliss-reactive ketones (excluding diaryl/α,β-unsaturated/α-hetero) is 2. The van der Waals surface area contributed by atoms with Gasteiger partial charge in [0.1, 0.15) is 18.4 Å². The topological polar surface area (TPSA) is 92.8 Å². The largest absolute Gasteiger partial charge is 0.361 e. The molecule has 13 heteroatoms. The first-order valence-electron chi connectivity index (χ1n) is 10.2. The molecular weight excluding hydrogens is 535 g/mol. The van der Waals surface area contributed by atoms with Crippen molar-refractivity contribution in [2.75, 3.05) is 23.6 Å². The molecule has 0 spiro atoms. The van der Waals surface area contributed by atoms with Crippen LogP contribution in [0, 0.1) is 11.6 Å². The number of anilines is 2. The molecule has 0 saturated carbocycles. The molecule has 2 aromatic rings. The van der Waals surface area contributed by atoms with Crippen molar-refractivity contribution in [3.05, 3.63) is 59.2 Å². The molecule has 2 aliphatic rings. The summed E-state index contributed by atoms with van der Waals surface area (Å²) >= 11 is 8.25. The molecule has 0 radical (unpaired) electrons.